The lowest BCUT2D eigenvalue weighted by Gasteiger charge is -2.38. The summed E-state index contributed by atoms with van der Waals surface area (Å²) in [4.78, 5) is 14.6. The topological polar surface area (TPSA) is 87.5 Å². The van der Waals surface area contributed by atoms with Crippen molar-refractivity contribution in [2.45, 2.75) is 63.1 Å². The van der Waals surface area contributed by atoms with Gasteiger partial charge in [-0.2, -0.15) is 9.40 Å². The quantitative estimate of drug-likeness (QED) is 0.842. The summed E-state index contributed by atoms with van der Waals surface area (Å²) in [5.41, 5.74) is 0. The van der Waals surface area contributed by atoms with E-state index in [0.717, 1.165) is 44.9 Å². The van der Waals surface area contributed by atoms with E-state index in [1.54, 1.807) is 10.5 Å². The van der Waals surface area contributed by atoms with Gasteiger partial charge in [0.25, 0.3) is 0 Å². The van der Waals surface area contributed by atoms with Crippen LogP contribution in [0.2, 0.25) is 0 Å². The highest BCUT2D eigenvalue weighted by Crippen LogP contribution is 2.29. The number of hydrogen-bond donors (Lipinski definition) is 1. The molecule has 0 radical (unpaired) electrons. The molecule has 1 aromatic heterocycles. The molecule has 1 aromatic rings. The number of carbonyl (C=O) groups excluding carboxylic acids is 1. The van der Waals surface area contributed by atoms with Crippen molar-refractivity contribution in [1.29, 1.82) is 0 Å². The van der Waals surface area contributed by atoms with Crippen LogP contribution in [0.25, 0.3) is 0 Å². The van der Waals surface area contributed by atoms with Gasteiger partial charge in [0, 0.05) is 38.1 Å². The molecule has 1 N–H and O–H groups in total. The number of nitrogens with one attached hydrogen (secondary N) is 1. The average Bonchev–Trinajstić information content (AvgIpc) is 3.31. The first kappa shape index (κ1) is 18.7. The maximum Gasteiger partial charge on any atom is 0.317 e. The standard InChI is InChI=1S/C18H29N5O3S/c24-18(20-16-5-1-2-6-17(16)22-10-3-9-19-22)21-12-7-15(8-13-21)23-11-4-14-27(23,25)26/h3,9-10,15-17H,1-2,4-8,11-14H2,(H,20,24). The molecule has 2 aliphatic heterocycles. The molecule has 2 saturated heterocycles. The van der Waals surface area contributed by atoms with E-state index >= 15 is 0 Å². The number of sulfonamides is 1. The van der Waals surface area contributed by atoms with Crippen LogP contribution in [0, 0.1) is 0 Å². The van der Waals surface area contributed by atoms with Crippen molar-refractivity contribution < 1.29 is 13.2 Å². The third-order valence-corrected chi connectivity index (χ3v) is 8.20. The molecule has 0 spiro atoms. The van der Waals surface area contributed by atoms with E-state index in [1.807, 2.05) is 21.8 Å². The number of piperidine rings is 1. The largest absolute Gasteiger partial charge is 0.333 e. The van der Waals surface area contributed by atoms with Crippen LogP contribution in [0.5, 0.6) is 0 Å². The van der Waals surface area contributed by atoms with Gasteiger partial charge in [-0.3, -0.25) is 4.68 Å². The maximum absolute atomic E-state index is 12.8. The lowest BCUT2D eigenvalue weighted by molar-refractivity contribution is 0.149. The van der Waals surface area contributed by atoms with Crippen LogP contribution in [0.4, 0.5) is 4.79 Å². The zero-order chi connectivity index (χ0) is 18.9. The second-order valence-corrected chi connectivity index (χ2v) is 9.93. The number of rotatable bonds is 3. The third-order valence-electron chi connectivity index (χ3n) is 6.20. The average molecular weight is 396 g/mol. The number of hydrogen-bond acceptors (Lipinski definition) is 4. The molecular formula is C18H29N5O3S. The highest BCUT2D eigenvalue weighted by molar-refractivity contribution is 7.89. The van der Waals surface area contributed by atoms with Gasteiger partial charge in [0.2, 0.25) is 10.0 Å². The monoisotopic (exact) mass is 395 g/mol. The smallest absolute Gasteiger partial charge is 0.317 e. The minimum atomic E-state index is -3.07. The van der Waals surface area contributed by atoms with Crippen LogP contribution in [0.3, 0.4) is 0 Å². The highest BCUT2D eigenvalue weighted by Gasteiger charge is 2.37. The van der Waals surface area contributed by atoms with Gasteiger partial charge in [0.15, 0.2) is 0 Å². The van der Waals surface area contributed by atoms with Crippen LogP contribution in [-0.4, -0.2) is 70.9 Å². The van der Waals surface area contributed by atoms with Crippen LogP contribution in [0.15, 0.2) is 18.5 Å². The summed E-state index contributed by atoms with van der Waals surface area (Å²) in [7, 11) is -3.07. The van der Waals surface area contributed by atoms with E-state index < -0.39 is 10.0 Å². The van der Waals surface area contributed by atoms with Gasteiger partial charge in [-0.15, -0.1) is 0 Å². The molecule has 27 heavy (non-hydrogen) atoms. The normalized spacial score (nSPS) is 29.7. The molecule has 8 nitrogen and oxygen atoms in total. The molecule has 3 heterocycles. The Labute approximate surface area is 160 Å². The molecular weight excluding hydrogens is 366 g/mol. The molecule has 150 valence electrons. The summed E-state index contributed by atoms with van der Waals surface area (Å²) in [5, 5.41) is 7.59. The second kappa shape index (κ2) is 7.79. The van der Waals surface area contributed by atoms with Gasteiger partial charge in [0.1, 0.15) is 0 Å². The number of amides is 2. The van der Waals surface area contributed by atoms with Crippen molar-refractivity contribution in [1.82, 2.24) is 24.3 Å². The van der Waals surface area contributed by atoms with E-state index in [2.05, 4.69) is 10.4 Å². The van der Waals surface area contributed by atoms with Gasteiger partial charge in [0.05, 0.1) is 17.8 Å². The van der Waals surface area contributed by atoms with Gasteiger partial charge < -0.3 is 10.2 Å². The highest BCUT2D eigenvalue weighted by atomic mass is 32.2. The Morgan fingerprint density at radius 1 is 1.04 bits per heavy atom. The Morgan fingerprint density at radius 2 is 1.81 bits per heavy atom. The molecule has 4 rings (SSSR count). The number of urea groups is 1. The van der Waals surface area contributed by atoms with Gasteiger partial charge in [-0.25, -0.2) is 13.2 Å². The second-order valence-electron chi connectivity index (χ2n) is 7.89. The molecule has 1 saturated carbocycles. The molecule has 9 heteroatoms. The number of likely N-dealkylation sites (tertiary alicyclic amines) is 1. The fourth-order valence-electron chi connectivity index (χ4n) is 4.75. The van der Waals surface area contributed by atoms with E-state index in [0.29, 0.717) is 19.6 Å². The summed E-state index contributed by atoms with van der Waals surface area (Å²) in [6, 6.07) is 2.26. The fraction of sp³-hybridized carbons (Fsp3) is 0.778. The molecule has 2 amide bonds. The molecule has 0 bridgehead atoms. The fourth-order valence-corrected chi connectivity index (χ4v) is 6.55. The van der Waals surface area contributed by atoms with Crippen molar-refractivity contribution in [2.24, 2.45) is 0 Å². The molecule has 3 aliphatic rings. The van der Waals surface area contributed by atoms with E-state index in [4.69, 9.17) is 0 Å². The lowest BCUT2D eigenvalue weighted by atomic mass is 9.90. The predicted octanol–water partition coefficient (Wildman–Crippen LogP) is 1.58. The summed E-state index contributed by atoms with van der Waals surface area (Å²) in [6.45, 7) is 1.86. The van der Waals surface area contributed by atoms with Gasteiger partial charge in [-0.1, -0.05) is 12.8 Å². The van der Waals surface area contributed by atoms with Crippen LogP contribution in [0.1, 0.15) is 51.0 Å². The summed E-state index contributed by atoms with van der Waals surface area (Å²) >= 11 is 0. The first-order valence-electron chi connectivity index (χ1n) is 10.1. The van der Waals surface area contributed by atoms with Crippen LogP contribution < -0.4 is 5.32 Å². The zero-order valence-electron chi connectivity index (χ0n) is 15.7. The van der Waals surface area contributed by atoms with Gasteiger partial charge in [-0.05, 0) is 38.2 Å². The Kier molecular flexibility index (Phi) is 5.41. The Balaban J connectivity index is 1.33. The van der Waals surface area contributed by atoms with Crippen LogP contribution >= 0.6 is 0 Å². The Bertz CT molecular complexity index is 743. The third kappa shape index (κ3) is 3.99. The number of aromatic nitrogens is 2. The van der Waals surface area contributed by atoms with E-state index in [9.17, 15) is 13.2 Å². The minimum absolute atomic E-state index is 0.0261. The van der Waals surface area contributed by atoms with Crippen molar-refractivity contribution in [2.75, 3.05) is 25.4 Å². The molecule has 0 aromatic carbocycles. The van der Waals surface area contributed by atoms with Crippen molar-refractivity contribution >= 4 is 16.1 Å². The minimum Gasteiger partial charge on any atom is -0.333 e. The van der Waals surface area contributed by atoms with E-state index in [-0.39, 0.29) is 29.9 Å². The zero-order valence-corrected chi connectivity index (χ0v) is 16.5. The van der Waals surface area contributed by atoms with Gasteiger partial charge >= 0.3 is 6.03 Å². The lowest BCUT2D eigenvalue weighted by Crippen LogP contribution is -2.53. The molecule has 2 unspecified atom stereocenters. The SMILES string of the molecule is O=C(NC1CCCCC1n1cccn1)N1CCC(N2CCCS2(=O)=O)CC1. The molecule has 1 aliphatic carbocycles. The van der Waals surface area contributed by atoms with E-state index in [1.165, 1.54) is 0 Å². The van der Waals surface area contributed by atoms with Crippen molar-refractivity contribution in [3.8, 4) is 0 Å². The molecule has 3 fully saturated rings. The van der Waals surface area contributed by atoms with Crippen molar-refractivity contribution in [3.63, 3.8) is 0 Å². The van der Waals surface area contributed by atoms with Crippen LogP contribution in [-0.2, 0) is 10.0 Å². The number of nitrogens with zero attached hydrogens (tertiary/aromatic N) is 4. The predicted molar refractivity (Wildman–Crippen MR) is 102 cm³/mol. The first-order valence-corrected chi connectivity index (χ1v) is 11.7. The number of carbonyl (C=O) groups is 1. The Morgan fingerprint density at radius 3 is 2.48 bits per heavy atom. The molecule has 2 atom stereocenters. The first-order chi connectivity index (χ1) is 13.0. The summed E-state index contributed by atoms with van der Waals surface area (Å²) in [5.74, 6) is 0.268. The summed E-state index contributed by atoms with van der Waals surface area (Å²) < 4.78 is 27.9. The Hall–Kier alpha value is -1.61. The summed E-state index contributed by atoms with van der Waals surface area (Å²) in [6.07, 6.45) is 10.2. The maximum atomic E-state index is 12.8. The van der Waals surface area contributed by atoms with Crippen molar-refractivity contribution in [3.05, 3.63) is 18.5 Å².